The molecule has 0 bridgehead atoms. The Bertz CT molecular complexity index is 145. The highest BCUT2D eigenvalue weighted by Crippen LogP contribution is 2.34. The van der Waals surface area contributed by atoms with Gasteiger partial charge in [-0.1, -0.05) is 25.7 Å². The lowest BCUT2D eigenvalue weighted by atomic mass is 10.00. The van der Waals surface area contributed by atoms with E-state index in [0.717, 1.165) is 11.5 Å². The fourth-order valence-corrected chi connectivity index (χ4v) is 4.86. The summed E-state index contributed by atoms with van der Waals surface area (Å²) in [6.07, 6.45) is 7.97. The Labute approximate surface area is 108 Å². The topological polar surface area (TPSA) is 40.5 Å². The van der Waals surface area contributed by atoms with Crippen LogP contribution in [0.1, 0.15) is 38.5 Å². The smallest absolute Gasteiger partial charge is 0.0521 e. The molecule has 0 aromatic rings. The van der Waals surface area contributed by atoms with Crippen LogP contribution in [0, 0.1) is 0 Å². The van der Waals surface area contributed by atoms with E-state index >= 15 is 0 Å². The first-order valence-electron chi connectivity index (χ1n) is 6.33. The Morgan fingerprint density at radius 3 is 1.56 bits per heavy atom. The minimum Gasteiger partial charge on any atom is -0.396 e. The molecular formula is C12H24O2S2. The van der Waals surface area contributed by atoms with E-state index < -0.39 is 0 Å². The maximum absolute atomic E-state index is 8.92. The number of hydrogen-bond donors (Lipinski definition) is 2. The van der Waals surface area contributed by atoms with Gasteiger partial charge in [-0.25, -0.2) is 0 Å². The van der Waals surface area contributed by atoms with E-state index in [2.05, 4.69) is 0 Å². The second kappa shape index (κ2) is 9.63. The van der Waals surface area contributed by atoms with Gasteiger partial charge in [0.15, 0.2) is 0 Å². The molecular weight excluding hydrogens is 240 g/mol. The van der Waals surface area contributed by atoms with Crippen LogP contribution < -0.4 is 0 Å². The normalized spacial score (nSPS) is 27.4. The molecule has 96 valence electrons. The van der Waals surface area contributed by atoms with Gasteiger partial charge in [0.1, 0.15) is 0 Å². The van der Waals surface area contributed by atoms with Crippen LogP contribution >= 0.6 is 23.5 Å². The summed E-state index contributed by atoms with van der Waals surface area (Å²) in [5.74, 6) is 1.72. The van der Waals surface area contributed by atoms with E-state index in [-0.39, 0.29) is 0 Å². The number of aliphatic hydroxyl groups excluding tert-OH is 2. The van der Waals surface area contributed by atoms with Gasteiger partial charge < -0.3 is 10.2 Å². The monoisotopic (exact) mass is 264 g/mol. The molecule has 0 aromatic carbocycles. The molecule has 1 fully saturated rings. The lowest BCUT2D eigenvalue weighted by Gasteiger charge is -2.28. The Hall–Kier alpha value is 0.620. The van der Waals surface area contributed by atoms with Crippen molar-refractivity contribution in [2.24, 2.45) is 0 Å². The minimum absolute atomic E-state index is 0.290. The van der Waals surface area contributed by atoms with Crippen LogP contribution in [0.3, 0.4) is 0 Å². The Morgan fingerprint density at radius 2 is 1.19 bits per heavy atom. The molecule has 1 aliphatic rings. The van der Waals surface area contributed by atoms with Crippen molar-refractivity contribution < 1.29 is 10.2 Å². The van der Waals surface area contributed by atoms with Gasteiger partial charge in [-0.15, -0.1) is 0 Å². The fourth-order valence-electron chi connectivity index (χ4n) is 2.21. The maximum atomic E-state index is 8.92. The third kappa shape index (κ3) is 5.80. The number of thioether (sulfide) groups is 2. The molecule has 2 N–H and O–H groups in total. The van der Waals surface area contributed by atoms with Crippen LogP contribution in [0.5, 0.6) is 0 Å². The van der Waals surface area contributed by atoms with Gasteiger partial charge in [0.25, 0.3) is 0 Å². The Balaban J connectivity index is 2.39. The largest absolute Gasteiger partial charge is 0.396 e. The molecule has 0 aromatic heterocycles. The zero-order chi connectivity index (χ0) is 11.6. The molecule has 2 nitrogen and oxygen atoms in total. The van der Waals surface area contributed by atoms with E-state index in [1.807, 2.05) is 23.5 Å². The SMILES string of the molecule is OCCS[C@H]1CCCCCC[C@@H]1SCCO. The summed E-state index contributed by atoms with van der Waals surface area (Å²) in [6, 6.07) is 0. The van der Waals surface area contributed by atoms with Gasteiger partial charge in [0.2, 0.25) is 0 Å². The summed E-state index contributed by atoms with van der Waals surface area (Å²) in [4.78, 5) is 0. The summed E-state index contributed by atoms with van der Waals surface area (Å²) >= 11 is 3.85. The molecule has 1 saturated carbocycles. The number of aliphatic hydroxyl groups is 2. The quantitative estimate of drug-likeness (QED) is 0.773. The predicted molar refractivity (Wildman–Crippen MR) is 74.4 cm³/mol. The van der Waals surface area contributed by atoms with E-state index in [9.17, 15) is 0 Å². The van der Waals surface area contributed by atoms with Gasteiger partial charge in [0, 0.05) is 22.0 Å². The van der Waals surface area contributed by atoms with Gasteiger partial charge in [-0.05, 0) is 12.8 Å². The molecule has 1 rings (SSSR count). The third-order valence-electron chi connectivity index (χ3n) is 2.99. The summed E-state index contributed by atoms with van der Waals surface area (Å²) in [6.45, 7) is 0.580. The van der Waals surface area contributed by atoms with Crippen molar-refractivity contribution in [2.45, 2.75) is 49.0 Å². The van der Waals surface area contributed by atoms with Crippen LogP contribution in [-0.2, 0) is 0 Å². The molecule has 0 heterocycles. The van der Waals surface area contributed by atoms with E-state index in [1.54, 1.807) is 0 Å². The zero-order valence-corrected chi connectivity index (χ0v) is 11.6. The van der Waals surface area contributed by atoms with Crippen molar-refractivity contribution in [3.05, 3.63) is 0 Å². The van der Waals surface area contributed by atoms with Gasteiger partial charge in [-0.2, -0.15) is 23.5 Å². The van der Waals surface area contributed by atoms with Crippen LogP contribution in [0.15, 0.2) is 0 Å². The van der Waals surface area contributed by atoms with Crippen LogP contribution in [0.2, 0.25) is 0 Å². The van der Waals surface area contributed by atoms with Gasteiger partial charge >= 0.3 is 0 Å². The maximum Gasteiger partial charge on any atom is 0.0521 e. The third-order valence-corrected chi connectivity index (χ3v) is 5.98. The summed E-state index contributed by atoms with van der Waals surface area (Å²) in [5.41, 5.74) is 0. The van der Waals surface area contributed by atoms with Crippen molar-refractivity contribution in [1.82, 2.24) is 0 Å². The molecule has 0 spiro atoms. The summed E-state index contributed by atoms with van der Waals surface area (Å²) < 4.78 is 0. The van der Waals surface area contributed by atoms with Crippen LogP contribution in [0.4, 0.5) is 0 Å². The molecule has 0 unspecified atom stereocenters. The standard InChI is InChI=1S/C12H24O2S2/c13-7-9-15-11-5-3-1-2-4-6-12(11)16-10-8-14/h11-14H,1-10H2/t11-,12-/m0/s1. The first kappa shape index (κ1) is 14.7. The lowest BCUT2D eigenvalue weighted by molar-refractivity contribution is 0.321. The van der Waals surface area contributed by atoms with E-state index in [1.165, 1.54) is 38.5 Å². The molecule has 4 heteroatoms. The highest BCUT2D eigenvalue weighted by Gasteiger charge is 2.23. The molecule has 0 radical (unpaired) electrons. The van der Waals surface area contributed by atoms with Crippen LogP contribution in [0.25, 0.3) is 0 Å². The van der Waals surface area contributed by atoms with Gasteiger partial charge in [-0.3, -0.25) is 0 Å². The van der Waals surface area contributed by atoms with Crippen molar-refractivity contribution in [3.8, 4) is 0 Å². The summed E-state index contributed by atoms with van der Waals surface area (Å²) in [7, 11) is 0. The molecule has 2 atom stereocenters. The highest BCUT2D eigenvalue weighted by atomic mass is 32.2. The van der Waals surface area contributed by atoms with Gasteiger partial charge in [0.05, 0.1) is 13.2 Å². The first-order chi connectivity index (χ1) is 7.88. The molecule has 1 aliphatic carbocycles. The van der Waals surface area contributed by atoms with Crippen molar-refractivity contribution in [3.63, 3.8) is 0 Å². The Morgan fingerprint density at radius 1 is 0.750 bits per heavy atom. The average molecular weight is 264 g/mol. The van der Waals surface area contributed by atoms with E-state index in [4.69, 9.17) is 10.2 Å². The lowest BCUT2D eigenvalue weighted by Crippen LogP contribution is -2.23. The van der Waals surface area contributed by atoms with Crippen molar-refractivity contribution >= 4 is 23.5 Å². The molecule has 0 saturated heterocycles. The second-order valence-corrected chi connectivity index (χ2v) is 6.95. The molecule has 0 amide bonds. The predicted octanol–water partition coefficient (Wildman–Crippen LogP) is 2.53. The van der Waals surface area contributed by atoms with Crippen LogP contribution in [-0.4, -0.2) is 45.4 Å². The number of rotatable bonds is 6. The zero-order valence-electron chi connectivity index (χ0n) is 9.94. The highest BCUT2D eigenvalue weighted by molar-refractivity contribution is 8.03. The van der Waals surface area contributed by atoms with Crippen molar-refractivity contribution in [2.75, 3.05) is 24.7 Å². The van der Waals surface area contributed by atoms with Crippen molar-refractivity contribution in [1.29, 1.82) is 0 Å². The first-order valence-corrected chi connectivity index (χ1v) is 8.43. The molecule has 16 heavy (non-hydrogen) atoms. The fraction of sp³-hybridized carbons (Fsp3) is 1.00. The Kier molecular flexibility index (Phi) is 8.84. The second-order valence-electron chi connectivity index (χ2n) is 4.26. The minimum atomic E-state index is 0.290. The molecule has 0 aliphatic heterocycles. The summed E-state index contributed by atoms with van der Waals surface area (Å²) in [5, 5.41) is 19.2. The number of hydrogen-bond acceptors (Lipinski definition) is 4. The average Bonchev–Trinajstić information content (AvgIpc) is 2.27. The van der Waals surface area contributed by atoms with E-state index in [0.29, 0.717) is 23.7 Å².